The number of hydrazine groups is 1. The minimum Gasteiger partial charge on any atom is -0.307 e. The van der Waals surface area contributed by atoms with Gasteiger partial charge in [-0.25, -0.2) is 0 Å². The van der Waals surface area contributed by atoms with Crippen LogP contribution in [-0.2, 0) is 10.2 Å². The quantitative estimate of drug-likeness (QED) is 0.391. The Morgan fingerprint density at radius 2 is 1.86 bits per heavy atom. The molecule has 0 saturated heterocycles. The number of rotatable bonds is 5. The zero-order chi connectivity index (χ0) is 19.7. The van der Waals surface area contributed by atoms with E-state index in [1.807, 2.05) is 43.5 Å². The van der Waals surface area contributed by atoms with Crippen molar-refractivity contribution in [3.63, 3.8) is 0 Å². The van der Waals surface area contributed by atoms with E-state index in [9.17, 15) is 4.79 Å². The van der Waals surface area contributed by atoms with Crippen LogP contribution in [0.15, 0.2) is 71.6 Å². The molecule has 1 aromatic heterocycles. The molecule has 1 aliphatic heterocycles. The van der Waals surface area contributed by atoms with Crippen molar-refractivity contribution in [1.82, 2.24) is 10.4 Å². The maximum Gasteiger partial charge on any atom is 0.153 e. The van der Waals surface area contributed by atoms with Gasteiger partial charge in [0.05, 0.1) is 22.7 Å². The van der Waals surface area contributed by atoms with Gasteiger partial charge < -0.3 is 10.9 Å². The molecule has 5 nitrogen and oxygen atoms in total. The highest BCUT2D eigenvalue weighted by Crippen LogP contribution is 2.45. The fourth-order valence-corrected chi connectivity index (χ4v) is 3.57. The van der Waals surface area contributed by atoms with Crippen molar-refractivity contribution in [2.45, 2.75) is 26.2 Å². The molecule has 0 atom stereocenters. The molecule has 28 heavy (non-hydrogen) atoms. The SMILES string of the molecule is Cc1ccc(NN/C=C(\C=O)C2=Nc3c(ccc4cnccc34)C2(C)C)cc1. The van der Waals surface area contributed by atoms with E-state index >= 15 is 0 Å². The van der Waals surface area contributed by atoms with Crippen LogP contribution in [0, 0.1) is 6.92 Å². The number of carbonyl (C=O) groups excluding carboxylic acids is 1. The zero-order valence-corrected chi connectivity index (χ0v) is 16.2. The average Bonchev–Trinajstić information content (AvgIpc) is 2.98. The van der Waals surface area contributed by atoms with Crippen molar-refractivity contribution in [2.24, 2.45) is 4.99 Å². The standard InChI is InChI=1S/C23H22N4O/c1-15-4-7-18(8-5-15)27-25-13-17(14-28)22-23(2,3)20-9-6-16-12-24-11-10-19(16)21(20)26-22/h4-14,25,27H,1-3H3/b17-13+. The highest BCUT2D eigenvalue weighted by atomic mass is 16.1. The predicted molar refractivity (Wildman–Crippen MR) is 114 cm³/mol. The smallest absolute Gasteiger partial charge is 0.153 e. The molecule has 0 unspecified atom stereocenters. The van der Waals surface area contributed by atoms with Crippen LogP contribution < -0.4 is 10.9 Å². The summed E-state index contributed by atoms with van der Waals surface area (Å²) in [5, 5.41) is 2.09. The van der Waals surface area contributed by atoms with E-state index in [-0.39, 0.29) is 5.41 Å². The number of aryl methyl sites for hydroxylation is 1. The Morgan fingerprint density at radius 3 is 2.61 bits per heavy atom. The molecular formula is C23H22N4O. The molecule has 0 fully saturated rings. The number of anilines is 1. The van der Waals surface area contributed by atoms with Crippen molar-refractivity contribution in [2.75, 3.05) is 5.43 Å². The first kappa shape index (κ1) is 17.9. The van der Waals surface area contributed by atoms with E-state index < -0.39 is 0 Å². The first-order valence-corrected chi connectivity index (χ1v) is 9.21. The number of carbonyl (C=O) groups is 1. The van der Waals surface area contributed by atoms with Gasteiger partial charge in [-0.3, -0.25) is 14.8 Å². The first-order chi connectivity index (χ1) is 13.5. The van der Waals surface area contributed by atoms with Gasteiger partial charge in [-0.2, -0.15) is 0 Å². The summed E-state index contributed by atoms with van der Waals surface area (Å²) in [6, 6.07) is 14.1. The summed E-state index contributed by atoms with van der Waals surface area (Å²) in [4.78, 5) is 20.9. The van der Waals surface area contributed by atoms with Crippen LogP contribution in [0.2, 0.25) is 0 Å². The summed E-state index contributed by atoms with van der Waals surface area (Å²) in [5.41, 5.74) is 11.1. The molecular weight excluding hydrogens is 348 g/mol. The minimum atomic E-state index is -0.370. The molecule has 5 heteroatoms. The second kappa shape index (κ2) is 6.93. The molecule has 0 radical (unpaired) electrons. The largest absolute Gasteiger partial charge is 0.307 e. The number of fused-ring (bicyclic) bond motifs is 3. The number of aldehydes is 1. The molecule has 0 spiro atoms. The second-order valence-corrected chi connectivity index (χ2v) is 7.50. The van der Waals surface area contributed by atoms with Crippen LogP contribution in [0.1, 0.15) is 25.0 Å². The van der Waals surface area contributed by atoms with Crippen LogP contribution in [0.4, 0.5) is 11.4 Å². The van der Waals surface area contributed by atoms with Gasteiger partial charge in [-0.05, 0) is 30.7 Å². The third-order valence-corrected chi connectivity index (χ3v) is 5.18. The fourth-order valence-electron chi connectivity index (χ4n) is 3.57. The molecule has 3 aromatic rings. The lowest BCUT2D eigenvalue weighted by Gasteiger charge is -2.22. The Bertz CT molecular complexity index is 1110. The summed E-state index contributed by atoms with van der Waals surface area (Å²) in [6.45, 7) is 6.23. The summed E-state index contributed by atoms with van der Waals surface area (Å²) in [6.07, 6.45) is 6.12. The van der Waals surface area contributed by atoms with Crippen LogP contribution >= 0.6 is 0 Å². The van der Waals surface area contributed by atoms with Gasteiger partial charge in [0, 0.05) is 34.8 Å². The predicted octanol–water partition coefficient (Wildman–Crippen LogP) is 4.61. The van der Waals surface area contributed by atoms with E-state index in [2.05, 4.69) is 41.8 Å². The molecule has 0 aliphatic carbocycles. The Balaban J connectivity index is 1.66. The van der Waals surface area contributed by atoms with E-state index in [1.54, 1.807) is 12.4 Å². The third kappa shape index (κ3) is 3.05. The number of aromatic nitrogens is 1. The number of nitrogens with zero attached hydrogens (tertiary/aromatic N) is 2. The number of hydrogen-bond donors (Lipinski definition) is 2. The molecule has 2 heterocycles. The van der Waals surface area contributed by atoms with Gasteiger partial charge in [-0.15, -0.1) is 0 Å². The Kier molecular flexibility index (Phi) is 4.43. The van der Waals surface area contributed by atoms with Gasteiger partial charge >= 0.3 is 0 Å². The van der Waals surface area contributed by atoms with Gasteiger partial charge in [0.25, 0.3) is 0 Å². The maximum absolute atomic E-state index is 11.9. The minimum absolute atomic E-state index is 0.370. The number of allylic oxidation sites excluding steroid dienone is 1. The van der Waals surface area contributed by atoms with Crippen LogP contribution in [0.5, 0.6) is 0 Å². The number of pyridine rings is 1. The Labute approximate surface area is 164 Å². The van der Waals surface area contributed by atoms with E-state index in [4.69, 9.17) is 4.99 Å². The van der Waals surface area contributed by atoms with Crippen LogP contribution in [0.25, 0.3) is 10.8 Å². The fraction of sp³-hybridized carbons (Fsp3) is 0.174. The normalized spacial score (nSPS) is 15.1. The molecule has 0 saturated carbocycles. The molecule has 2 N–H and O–H groups in total. The summed E-state index contributed by atoms with van der Waals surface area (Å²) in [5.74, 6) is 0. The highest BCUT2D eigenvalue weighted by molar-refractivity contribution is 6.23. The van der Waals surface area contributed by atoms with Crippen molar-refractivity contribution in [3.05, 3.63) is 77.8 Å². The molecule has 0 bridgehead atoms. The summed E-state index contributed by atoms with van der Waals surface area (Å²) in [7, 11) is 0. The average molecular weight is 370 g/mol. The van der Waals surface area contributed by atoms with Crippen molar-refractivity contribution < 1.29 is 4.79 Å². The number of benzene rings is 2. The summed E-state index contributed by atoms with van der Waals surface area (Å²) >= 11 is 0. The first-order valence-electron chi connectivity index (χ1n) is 9.21. The lowest BCUT2D eigenvalue weighted by molar-refractivity contribution is -0.104. The molecule has 140 valence electrons. The molecule has 1 aliphatic rings. The zero-order valence-electron chi connectivity index (χ0n) is 16.2. The van der Waals surface area contributed by atoms with Crippen molar-refractivity contribution in [3.8, 4) is 0 Å². The van der Waals surface area contributed by atoms with Crippen molar-refractivity contribution in [1.29, 1.82) is 0 Å². The third-order valence-electron chi connectivity index (χ3n) is 5.18. The number of hydrogen-bond acceptors (Lipinski definition) is 5. The highest BCUT2D eigenvalue weighted by Gasteiger charge is 2.37. The Hall–Kier alpha value is -3.47. The number of nitrogens with one attached hydrogen (secondary N) is 2. The second-order valence-electron chi connectivity index (χ2n) is 7.50. The summed E-state index contributed by atoms with van der Waals surface area (Å²) < 4.78 is 0. The Morgan fingerprint density at radius 1 is 1.07 bits per heavy atom. The van der Waals surface area contributed by atoms with Crippen LogP contribution in [0.3, 0.4) is 0 Å². The molecule has 0 amide bonds. The maximum atomic E-state index is 11.9. The monoisotopic (exact) mass is 370 g/mol. The van der Waals surface area contributed by atoms with Gasteiger partial charge in [-0.1, -0.05) is 43.7 Å². The molecule has 2 aromatic carbocycles. The van der Waals surface area contributed by atoms with E-state index in [0.29, 0.717) is 5.57 Å². The van der Waals surface area contributed by atoms with Gasteiger partial charge in [0.15, 0.2) is 6.29 Å². The molecule has 4 rings (SSSR count). The number of aliphatic imine (C=N–C) groups is 1. The topological polar surface area (TPSA) is 66.4 Å². The van der Waals surface area contributed by atoms with E-state index in [1.165, 1.54) is 5.56 Å². The van der Waals surface area contributed by atoms with Crippen LogP contribution in [-0.4, -0.2) is 17.0 Å². The lowest BCUT2D eigenvalue weighted by Crippen LogP contribution is -2.29. The lowest BCUT2D eigenvalue weighted by atomic mass is 9.78. The van der Waals surface area contributed by atoms with E-state index in [0.717, 1.165) is 39.7 Å². The van der Waals surface area contributed by atoms with Crippen molar-refractivity contribution >= 4 is 34.1 Å². The van der Waals surface area contributed by atoms with Gasteiger partial charge in [0.1, 0.15) is 0 Å². The van der Waals surface area contributed by atoms with Gasteiger partial charge in [0.2, 0.25) is 0 Å².